The summed E-state index contributed by atoms with van der Waals surface area (Å²) >= 11 is 13.4. The van der Waals surface area contributed by atoms with E-state index in [1.54, 1.807) is 0 Å². The Morgan fingerprint density at radius 2 is 1.56 bits per heavy atom. The Morgan fingerprint density at radius 1 is 1.06 bits per heavy atom. The molecule has 2 aliphatic heterocycles. The lowest BCUT2D eigenvalue weighted by Gasteiger charge is -2.06. The maximum atomic E-state index is 10.6. The van der Waals surface area contributed by atoms with Gasteiger partial charge in [-0.25, -0.2) is 5.84 Å². The molecule has 32 heavy (non-hydrogen) atoms. The summed E-state index contributed by atoms with van der Waals surface area (Å²) in [6.07, 6.45) is -0.0651. The molecule has 0 spiro atoms. The highest BCUT2D eigenvalue weighted by atomic mass is 32.1. The van der Waals surface area contributed by atoms with Crippen molar-refractivity contribution in [2.24, 2.45) is 22.4 Å². The van der Waals surface area contributed by atoms with E-state index in [9.17, 15) is 24.0 Å². The van der Waals surface area contributed by atoms with Gasteiger partial charge in [0.1, 0.15) is 17.8 Å². The number of nitrogens with one attached hydrogen (secondary N) is 3. The number of rotatable bonds is 6. The van der Waals surface area contributed by atoms with Crippen LogP contribution in [0, 0.1) is 0 Å². The fourth-order valence-corrected chi connectivity index (χ4v) is 1.62. The van der Waals surface area contributed by atoms with Gasteiger partial charge in [0.05, 0.1) is 18.7 Å². The van der Waals surface area contributed by atoms with Crippen molar-refractivity contribution in [3.63, 3.8) is 0 Å². The van der Waals surface area contributed by atoms with Gasteiger partial charge in [-0.3, -0.25) is 29.4 Å². The number of hydrazone groups is 1. The molecule has 178 valence electrons. The summed E-state index contributed by atoms with van der Waals surface area (Å²) in [6.45, 7) is -0.123. The molecule has 0 aromatic carbocycles. The number of carbonyl (C=O) groups is 5. The van der Waals surface area contributed by atoms with Gasteiger partial charge in [0.25, 0.3) is 0 Å². The second kappa shape index (κ2) is 17.3. The lowest BCUT2D eigenvalue weighted by molar-refractivity contribution is -0.174. The minimum atomic E-state index is -1.15. The van der Waals surface area contributed by atoms with E-state index in [1.807, 2.05) is 5.43 Å². The molecule has 0 amide bonds. The number of aliphatic carboxylic acids is 2. The summed E-state index contributed by atoms with van der Waals surface area (Å²) in [4.78, 5) is 50.6. The first-order chi connectivity index (χ1) is 14.8. The molecule has 2 aliphatic rings. The van der Waals surface area contributed by atoms with Gasteiger partial charge in [0.15, 0.2) is 16.0 Å². The van der Waals surface area contributed by atoms with Gasteiger partial charge in [-0.2, -0.15) is 5.10 Å². The van der Waals surface area contributed by atoms with Crippen molar-refractivity contribution in [1.29, 1.82) is 0 Å². The van der Waals surface area contributed by atoms with Gasteiger partial charge in [0, 0.05) is 6.42 Å². The Morgan fingerprint density at radius 3 is 1.81 bits per heavy atom. The number of nitrogens with two attached hydrogens (primary N) is 3. The first-order valence-corrected chi connectivity index (χ1v) is 9.31. The van der Waals surface area contributed by atoms with E-state index in [-0.39, 0.29) is 29.6 Å². The molecular formula is C14H21N7O8S3. The molecule has 0 atom stereocenters. The fraction of sp³-hybridized carbons (Fsp3) is 0.357. The van der Waals surface area contributed by atoms with Gasteiger partial charge >= 0.3 is 23.9 Å². The minimum absolute atomic E-state index is 0.0104. The molecule has 1 fully saturated rings. The normalized spacial score (nSPS) is 12.8. The number of carbonyl (C=O) groups excluding carboxylic acids is 3. The number of hydrogen-bond donors (Lipinski definition) is 8. The Balaban J connectivity index is 0. The quantitative estimate of drug-likeness (QED) is 0.0586. The average molecular weight is 512 g/mol. The molecule has 0 aromatic rings. The number of carboxylic acid groups (broad SMARTS) is 2. The highest BCUT2D eigenvalue weighted by Crippen LogP contribution is 2.01. The number of hydrazine groups is 1. The number of esters is 2. The van der Waals surface area contributed by atoms with Crippen LogP contribution >= 0.6 is 36.7 Å². The van der Waals surface area contributed by atoms with Gasteiger partial charge in [-0.05, 0) is 24.4 Å². The third kappa shape index (κ3) is 21.4. The molecule has 0 aliphatic carbocycles. The van der Waals surface area contributed by atoms with E-state index >= 15 is 0 Å². The molecule has 0 unspecified atom stereocenters. The molecule has 18 heteroatoms. The zero-order valence-corrected chi connectivity index (χ0v) is 18.7. The fourth-order valence-electron chi connectivity index (χ4n) is 1.34. The first-order valence-electron chi connectivity index (χ1n) is 8.09. The maximum absolute atomic E-state index is 10.6. The summed E-state index contributed by atoms with van der Waals surface area (Å²) in [5, 5.41) is 22.6. The van der Waals surface area contributed by atoms with Crippen molar-refractivity contribution >= 4 is 87.2 Å². The van der Waals surface area contributed by atoms with E-state index in [0.29, 0.717) is 17.1 Å². The predicted molar refractivity (Wildman–Crippen MR) is 122 cm³/mol. The lowest BCUT2D eigenvalue weighted by Crippen LogP contribution is -2.34. The highest BCUT2D eigenvalue weighted by molar-refractivity contribution is 7.80. The number of nitrogens with zero attached hydrogens (tertiary/aromatic N) is 1. The second-order valence-electron chi connectivity index (χ2n) is 5.32. The number of ketones is 1. The van der Waals surface area contributed by atoms with Crippen molar-refractivity contribution < 1.29 is 38.9 Å². The minimum Gasteiger partial charge on any atom is -0.481 e. The van der Waals surface area contributed by atoms with Gasteiger partial charge in [0.2, 0.25) is 0 Å². The Labute approximate surface area is 197 Å². The summed E-state index contributed by atoms with van der Waals surface area (Å²) in [6, 6.07) is 0. The molecule has 0 radical (unpaired) electrons. The molecule has 2 heterocycles. The Bertz CT molecular complexity index is 781. The largest absolute Gasteiger partial charge is 0.481 e. The molecule has 0 saturated carbocycles. The third-order valence-corrected chi connectivity index (χ3v) is 3.02. The van der Waals surface area contributed by atoms with E-state index in [4.69, 9.17) is 33.9 Å². The molecule has 1 saturated heterocycles. The average Bonchev–Trinajstić information content (AvgIpc) is 3.04. The number of cyclic esters (lactones) is 2. The van der Waals surface area contributed by atoms with Crippen molar-refractivity contribution in [2.75, 3.05) is 6.54 Å². The Kier molecular flexibility index (Phi) is 16.7. The molecular weight excluding hydrogens is 490 g/mol. The van der Waals surface area contributed by atoms with Crippen LogP contribution in [0.25, 0.3) is 0 Å². The van der Waals surface area contributed by atoms with E-state index in [0.717, 1.165) is 0 Å². The van der Waals surface area contributed by atoms with Crippen molar-refractivity contribution in [3.8, 4) is 0 Å². The van der Waals surface area contributed by atoms with Crippen LogP contribution in [0.3, 0.4) is 0 Å². The maximum Gasteiger partial charge on any atom is 0.324 e. The summed E-state index contributed by atoms with van der Waals surface area (Å²) < 4.78 is 3.86. The Hall–Kier alpha value is -3.35. The van der Waals surface area contributed by atoms with Gasteiger partial charge in [-0.1, -0.05) is 12.2 Å². The number of Topliss-reactive ketones (excluding diaryl/α,β-unsaturated/α-hetero) is 1. The van der Waals surface area contributed by atoms with Crippen molar-refractivity contribution in [3.05, 3.63) is 0 Å². The van der Waals surface area contributed by atoms with Crippen LogP contribution < -0.4 is 33.5 Å². The second-order valence-corrected chi connectivity index (χ2v) is 6.69. The van der Waals surface area contributed by atoms with Crippen LogP contribution in [-0.4, -0.2) is 67.3 Å². The van der Waals surface area contributed by atoms with E-state index in [2.05, 4.69) is 50.9 Å². The molecule has 0 bridgehead atoms. The standard InChI is InChI=1S/C5H8N2O3S.C5H6N2O2S.C3H2O3.CH5N3S/c6-5(11)7-2-3(8)1-4(9)10;8-5(9)2-3-1-4(10)7-6-3;4-2-1-3(5)6-2;2-1(5)4-3/h1-2H2,(H,9,10)(H3,6,7,11);1-2H2,(H,7,10)(H,8,9);1H2;3H2,(H3,2,4,5). The first kappa shape index (κ1) is 30.8. The lowest BCUT2D eigenvalue weighted by atomic mass is 10.2. The number of thiocarbonyl (C=S) groups is 3. The van der Waals surface area contributed by atoms with Crippen LogP contribution in [0.1, 0.15) is 25.7 Å². The topological polar surface area (TPSA) is 262 Å². The monoisotopic (exact) mass is 511 g/mol. The van der Waals surface area contributed by atoms with Crippen molar-refractivity contribution in [1.82, 2.24) is 16.2 Å². The summed E-state index contributed by atoms with van der Waals surface area (Å²) in [5.41, 5.74) is 14.9. The van der Waals surface area contributed by atoms with Crippen LogP contribution in [0.5, 0.6) is 0 Å². The molecule has 0 aromatic heterocycles. The molecule has 15 nitrogen and oxygen atoms in total. The summed E-state index contributed by atoms with van der Waals surface area (Å²) in [7, 11) is 0. The van der Waals surface area contributed by atoms with E-state index < -0.39 is 36.1 Å². The molecule has 2 rings (SSSR count). The van der Waals surface area contributed by atoms with Crippen molar-refractivity contribution in [2.45, 2.75) is 25.7 Å². The third-order valence-electron chi connectivity index (χ3n) is 2.53. The van der Waals surface area contributed by atoms with Crippen LogP contribution in [0.2, 0.25) is 0 Å². The predicted octanol–water partition coefficient (Wildman–Crippen LogP) is -2.85. The summed E-state index contributed by atoms with van der Waals surface area (Å²) in [5.74, 6) is 1.35. The van der Waals surface area contributed by atoms with Crippen LogP contribution in [0.4, 0.5) is 0 Å². The molecule has 11 N–H and O–H groups in total. The van der Waals surface area contributed by atoms with Gasteiger partial charge < -0.3 is 37.2 Å². The van der Waals surface area contributed by atoms with Crippen LogP contribution in [0.15, 0.2) is 5.10 Å². The number of carboxylic acids is 2. The smallest absolute Gasteiger partial charge is 0.324 e. The van der Waals surface area contributed by atoms with Gasteiger partial charge in [-0.15, -0.1) is 0 Å². The van der Waals surface area contributed by atoms with Crippen LogP contribution in [-0.2, 0) is 28.7 Å². The zero-order valence-electron chi connectivity index (χ0n) is 16.3. The zero-order chi connectivity index (χ0) is 25.3. The van der Waals surface area contributed by atoms with E-state index in [1.165, 1.54) is 0 Å². The SMILES string of the molecule is NC(=S)NCC(=O)CC(=O)O.NNC(N)=S.O=C(O)CC1=NNC(=S)C1.O=C1CC(=O)O1. The highest BCUT2D eigenvalue weighted by Gasteiger charge is 2.24. The number of ether oxygens (including phenoxy) is 1. The number of hydrogen-bond acceptors (Lipinski definition) is 11.